The molecule has 0 N–H and O–H groups in total. The summed E-state index contributed by atoms with van der Waals surface area (Å²) >= 11 is 0. The van der Waals surface area contributed by atoms with Crippen molar-refractivity contribution in [3.05, 3.63) is 22.6 Å². The number of hydrogen-bond donors (Lipinski definition) is 0. The Hall–Kier alpha value is -1.71. The van der Waals surface area contributed by atoms with Crippen LogP contribution in [-0.2, 0) is 6.42 Å². The van der Waals surface area contributed by atoms with Crippen LogP contribution in [0, 0.1) is 4.91 Å². The molecule has 1 heterocycles. The van der Waals surface area contributed by atoms with E-state index in [2.05, 4.69) is 10.2 Å². The second-order valence-corrected chi connectivity index (χ2v) is 2.72. The van der Waals surface area contributed by atoms with Gasteiger partial charge in [-0.3, -0.25) is 4.99 Å². The summed E-state index contributed by atoms with van der Waals surface area (Å²) < 4.78 is 5.13. The Morgan fingerprint density at radius 2 is 2.38 bits per heavy atom. The van der Waals surface area contributed by atoms with Crippen molar-refractivity contribution < 1.29 is 4.74 Å². The number of fused-ring (bicyclic) bond motifs is 1. The van der Waals surface area contributed by atoms with Crippen molar-refractivity contribution in [2.24, 2.45) is 10.2 Å². The van der Waals surface area contributed by atoms with Crippen molar-refractivity contribution in [2.45, 2.75) is 6.42 Å². The molecule has 0 unspecified atom stereocenters. The Kier molecular flexibility index (Phi) is 1.81. The van der Waals surface area contributed by atoms with Gasteiger partial charge in [-0.25, -0.2) is 0 Å². The van der Waals surface area contributed by atoms with E-state index < -0.39 is 0 Å². The highest BCUT2D eigenvalue weighted by Gasteiger charge is 2.16. The number of benzene rings is 1. The van der Waals surface area contributed by atoms with Crippen molar-refractivity contribution >= 4 is 17.6 Å². The van der Waals surface area contributed by atoms with Crippen molar-refractivity contribution in [1.82, 2.24) is 0 Å². The maximum absolute atomic E-state index is 10.4. The molecule has 0 saturated heterocycles. The average Bonchev–Trinajstić information content (AvgIpc) is 2.64. The predicted molar refractivity (Wildman–Crippen MR) is 50.3 cm³/mol. The van der Waals surface area contributed by atoms with E-state index in [1.807, 2.05) is 0 Å². The van der Waals surface area contributed by atoms with Gasteiger partial charge in [0, 0.05) is 18.2 Å². The van der Waals surface area contributed by atoms with Gasteiger partial charge in [-0.15, -0.1) is 4.91 Å². The largest absolute Gasteiger partial charge is 0.496 e. The molecule has 1 aromatic carbocycles. The van der Waals surface area contributed by atoms with Crippen molar-refractivity contribution in [3.63, 3.8) is 0 Å². The van der Waals surface area contributed by atoms with Crippen LogP contribution in [0.15, 0.2) is 22.3 Å². The van der Waals surface area contributed by atoms with Gasteiger partial charge in [0.05, 0.1) is 12.8 Å². The molecule has 1 aromatic rings. The van der Waals surface area contributed by atoms with Gasteiger partial charge in [0.2, 0.25) is 0 Å². The van der Waals surface area contributed by atoms with Crippen LogP contribution in [-0.4, -0.2) is 13.3 Å². The minimum Gasteiger partial charge on any atom is -0.496 e. The van der Waals surface area contributed by atoms with E-state index in [0.717, 1.165) is 11.3 Å². The van der Waals surface area contributed by atoms with E-state index in [1.54, 1.807) is 25.5 Å². The molecule has 2 rings (SSSR count). The van der Waals surface area contributed by atoms with Crippen LogP contribution < -0.4 is 4.74 Å². The van der Waals surface area contributed by atoms with Gasteiger partial charge in [0.1, 0.15) is 11.4 Å². The van der Waals surface area contributed by atoms with Gasteiger partial charge >= 0.3 is 0 Å². The molecular weight excluding hydrogens is 168 g/mol. The molecule has 0 amide bonds. The highest BCUT2D eigenvalue weighted by molar-refractivity contribution is 5.84. The molecule has 0 spiro atoms. The first kappa shape index (κ1) is 7.91. The molecule has 1 aliphatic heterocycles. The fraction of sp³-hybridized carbons (Fsp3) is 0.222. The summed E-state index contributed by atoms with van der Waals surface area (Å²) in [6.45, 7) is 0. The first-order chi connectivity index (χ1) is 6.36. The minimum absolute atomic E-state index is 0.379. The molecular formula is C9H8N2O2. The molecule has 13 heavy (non-hydrogen) atoms. The molecule has 0 saturated carbocycles. The van der Waals surface area contributed by atoms with Crippen LogP contribution in [0.25, 0.3) is 0 Å². The summed E-state index contributed by atoms with van der Waals surface area (Å²) in [7, 11) is 1.60. The fourth-order valence-corrected chi connectivity index (χ4v) is 1.44. The SMILES string of the molecule is COc1ccc(N=O)c2c1CC=N2. The second-order valence-electron chi connectivity index (χ2n) is 2.72. The highest BCUT2D eigenvalue weighted by Crippen LogP contribution is 2.40. The lowest BCUT2D eigenvalue weighted by Gasteiger charge is -2.05. The number of ether oxygens (including phenoxy) is 1. The monoisotopic (exact) mass is 176 g/mol. The molecule has 66 valence electrons. The van der Waals surface area contributed by atoms with Crippen LogP contribution in [0.3, 0.4) is 0 Å². The molecule has 0 aromatic heterocycles. The van der Waals surface area contributed by atoms with E-state index in [-0.39, 0.29) is 0 Å². The third-order valence-corrected chi connectivity index (χ3v) is 2.05. The molecule has 0 atom stereocenters. The summed E-state index contributed by atoms with van der Waals surface area (Å²) in [6.07, 6.45) is 2.46. The number of methoxy groups -OCH3 is 1. The average molecular weight is 176 g/mol. The van der Waals surface area contributed by atoms with Crippen molar-refractivity contribution in [3.8, 4) is 5.75 Å². The number of hydrogen-bond acceptors (Lipinski definition) is 4. The van der Waals surface area contributed by atoms with E-state index in [9.17, 15) is 4.91 Å². The smallest absolute Gasteiger partial charge is 0.134 e. The number of rotatable bonds is 2. The fourth-order valence-electron chi connectivity index (χ4n) is 1.44. The zero-order chi connectivity index (χ0) is 9.26. The summed E-state index contributed by atoms with van der Waals surface area (Å²) in [5, 5.41) is 2.90. The van der Waals surface area contributed by atoms with Gasteiger partial charge in [0.25, 0.3) is 0 Å². The Bertz CT molecular complexity index is 385. The minimum atomic E-state index is 0.379. The Labute approximate surface area is 75.2 Å². The van der Waals surface area contributed by atoms with Crippen LogP contribution in [0.1, 0.15) is 5.56 Å². The number of aliphatic imine (C=N–C) groups is 1. The molecule has 0 bridgehead atoms. The summed E-state index contributed by atoms with van der Waals surface area (Å²) in [6, 6.07) is 3.36. The Morgan fingerprint density at radius 3 is 3.08 bits per heavy atom. The van der Waals surface area contributed by atoms with Crippen LogP contribution in [0.5, 0.6) is 5.75 Å². The molecule has 4 heteroatoms. The third-order valence-electron chi connectivity index (χ3n) is 2.05. The van der Waals surface area contributed by atoms with Crippen LogP contribution in [0.2, 0.25) is 0 Å². The quantitative estimate of drug-likeness (QED) is 0.649. The summed E-state index contributed by atoms with van der Waals surface area (Å²) in [5.74, 6) is 0.764. The number of nitroso groups, excluding NO2 is 1. The Morgan fingerprint density at radius 1 is 1.54 bits per heavy atom. The van der Waals surface area contributed by atoms with Crippen molar-refractivity contribution in [1.29, 1.82) is 0 Å². The second kappa shape index (κ2) is 2.97. The first-order valence-electron chi connectivity index (χ1n) is 3.92. The zero-order valence-electron chi connectivity index (χ0n) is 7.15. The van der Waals surface area contributed by atoms with Gasteiger partial charge in [0.15, 0.2) is 0 Å². The highest BCUT2D eigenvalue weighted by atomic mass is 16.5. The van der Waals surface area contributed by atoms with E-state index in [1.165, 1.54) is 0 Å². The normalized spacial score (nSPS) is 12.7. The van der Waals surface area contributed by atoms with Crippen molar-refractivity contribution in [2.75, 3.05) is 7.11 Å². The maximum Gasteiger partial charge on any atom is 0.134 e. The van der Waals surface area contributed by atoms with Gasteiger partial charge in [-0.1, -0.05) is 0 Å². The lowest BCUT2D eigenvalue weighted by molar-refractivity contribution is 0.411. The van der Waals surface area contributed by atoms with E-state index >= 15 is 0 Å². The van der Waals surface area contributed by atoms with E-state index in [0.29, 0.717) is 17.8 Å². The lowest BCUT2D eigenvalue weighted by atomic mass is 10.1. The summed E-state index contributed by atoms with van der Waals surface area (Å²) in [4.78, 5) is 14.5. The molecule has 4 nitrogen and oxygen atoms in total. The van der Waals surface area contributed by atoms with Crippen LogP contribution in [0.4, 0.5) is 11.4 Å². The third kappa shape index (κ3) is 1.11. The summed E-state index contributed by atoms with van der Waals surface area (Å²) in [5.41, 5.74) is 1.97. The van der Waals surface area contributed by atoms with Gasteiger partial charge in [-0.2, -0.15) is 0 Å². The van der Waals surface area contributed by atoms with Gasteiger partial charge < -0.3 is 4.74 Å². The van der Waals surface area contributed by atoms with Gasteiger partial charge in [-0.05, 0) is 17.3 Å². The van der Waals surface area contributed by atoms with Crippen LogP contribution >= 0.6 is 0 Å². The topological polar surface area (TPSA) is 51.0 Å². The lowest BCUT2D eigenvalue weighted by Crippen LogP contribution is -1.89. The molecule has 0 fully saturated rings. The standard InChI is InChI=1S/C9H8N2O2/c1-13-8-3-2-7(11-12)9-6(8)4-5-10-9/h2-3,5H,4H2,1H3. The Balaban J connectivity index is 2.63. The predicted octanol–water partition coefficient (Wildman–Crippen LogP) is 2.35. The molecule has 0 aliphatic carbocycles. The number of nitrogens with zero attached hydrogens (tertiary/aromatic N) is 2. The zero-order valence-corrected chi connectivity index (χ0v) is 7.15. The molecule has 0 radical (unpaired) electrons. The molecule has 1 aliphatic rings. The van der Waals surface area contributed by atoms with E-state index in [4.69, 9.17) is 4.74 Å². The first-order valence-corrected chi connectivity index (χ1v) is 3.92. The maximum atomic E-state index is 10.4.